The van der Waals surface area contributed by atoms with Crippen molar-refractivity contribution in [3.63, 3.8) is 0 Å². The number of ether oxygens (including phenoxy) is 1. The molecule has 4 atom stereocenters. The van der Waals surface area contributed by atoms with Crippen LogP contribution in [0.15, 0.2) is 0 Å². The zero-order chi connectivity index (χ0) is 13.9. The quantitative estimate of drug-likeness (QED) is 0.779. The van der Waals surface area contributed by atoms with Crippen molar-refractivity contribution >= 4 is 0 Å². The van der Waals surface area contributed by atoms with Gasteiger partial charge in [0.2, 0.25) is 0 Å². The van der Waals surface area contributed by atoms with Crippen LogP contribution in [0.2, 0.25) is 0 Å². The van der Waals surface area contributed by atoms with Crippen LogP contribution in [0.5, 0.6) is 0 Å². The Kier molecular flexibility index (Phi) is 5.27. The molecule has 2 N–H and O–H groups in total. The molecule has 4 unspecified atom stereocenters. The largest absolute Gasteiger partial charge is 0.396 e. The Hall–Kier alpha value is -0.120. The summed E-state index contributed by atoms with van der Waals surface area (Å²) in [6.07, 6.45) is 8.33. The molecule has 0 heterocycles. The molecule has 2 saturated carbocycles. The van der Waals surface area contributed by atoms with Crippen molar-refractivity contribution in [2.24, 2.45) is 11.3 Å². The normalized spacial score (nSPS) is 32.8. The first-order valence-corrected chi connectivity index (χ1v) is 8.12. The van der Waals surface area contributed by atoms with Crippen LogP contribution in [-0.4, -0.2) is 36.5 Å². The molecule has 112 valence electrons. The first kappa shape index (κ1) is 15.3. The van der Waals surface area contributed by atoms with Gasteiger partial charge in [0, 0.05) is 30.7 Å². The lowest BCUT2D eigenvalue weighted by atomic mass is 9.55. The van der Waals surface area contributed by atoms with Crippen LogP contribution in [0.25, 0.3) is 0 Å². The van der Waals surface area contributed by atoms with Crippen molar-refractivity contribution in [2.45, 2.75) is 77.5 Å². The van der Waals surface area contributed by atoms with E-state index in [2.05, 4.69) is 26.1 Å². The highest BCUT2D eigenvalue weighted by Crippen LogP contribution is 2.53. The van der Waals surface area contributed by atoms with Gasteiger partial charge in [-0.3, -0.25) is 0 Å². The Morgan fingerprint density at radius 1 is 1.26 bits per heavy atom. The Morgan fingerprint density at radius 2 is 1.95 bits per heavy atom. The molecule has 0 saturated heterocycles. The predicted molar refractivity (Wildman–Crippen MR) is 78.2 cm³/mol. The summed E-state index contributed by atoms with van der Waals surface area (Å²) in [5, 5.41) is 13.1. The van der Waals surface area contributed by atoms with E-state index in [4.69, 9.17) is 4.74 Å². The summed E-state index contributed by atoms with van der Waals surface area (Å²) in [7, 11) is 0. The lowest BCUT2D eigenvalue weighted by Gasteiger charge is -2.58. The van der Waals surface area contributed by atoms with Crippen LogP contribution in [-0.2, 0) is 4.74 Å². The zero-order valence-electron chi connectivity index (χ0n) is 12.8. The number of hydrogen-bond acceptors (Lipinski definition) is 3. The fourth-order valence-corrected chi connectivity index (χ4v) is 3.94. The Bertz CT molecular complexity index is 276. The summed E-state index contributed by atoms with van der Waals surface area (Å²) in [4.78, 5) is 0. The third-order valence-corrected chi connectivity index (χ3v) is 5.54. The van der Waals surface area contributed by atoms with Crippen LogP contribution >= 0.6 is 0 Å². The molecule has 0 aromatic heterocycles. The highest BCUT2D eigenvalue weighted by atomic mass is 16.5. The monoisotopic (exact) mass is 269 g/mol. The van der Waals surface area contributed by atoms with Gasteiger partial charge >= 0.3 is 0 Å². The third-order valence-electron chi connectivity index (χ3n) is 5.54. The Balaban J connectivity index is 1.97. The lowest BCUT2D eigenvalue weighted by molar-refractivity contribution is -0.153. The van der Waals surface area contributed by atoms with Crippen LogP contribution in [0.3, 0.4) is 0 Å². The van der Waals surface area contributed by atoms with E-state index in [1.54, 1.807) is 0 Å². The van der Waals surface area contributed by atoms with E-state index in [-0.39, 0.29) is 6.61 Å². The van der Waals surface area contributed by atoms with Gasteiger partial charge in [-0.05, 0) is 39.0 Å². The molecular weight excluding hydrogens is 238 g/mol. The van der Waals surface area contributed by atoms with E-state index in [0.717, 1.165) is 13.0 Å². The summed E-state index contributed by atoms with van der Waals surface area (Å²) < 4.78 is 5.98. The smallest absolute Gasteiger partial charge is 0.0661 e. The minimum Gasteiger partial charge on any atom is -0.396 e. The molecule has 0 radical (unpaired) electrons. The molecule has 1 spiro atoms. The maximum Gasteiger partial charge on any atom is 0.0661 e. The summed E-state index contributed by atoms with van der Waals surface area (Å²) in [5.74, 6) is 0.326. The number of aliphatic hydroxyl groups is 1. The minimum absolute atomic E-state index is 0.267. The maximum atomic E-state index is 9.28. The van der Waals surface area contributed by atoms with Crippen molar-refractivity contribution in [3.8, 4) is 0 Å². The highest BCUT2D eigenvalue weighted by Gasteiger charge is 2.55. The topological polar surface area (TPSA) is 41.5 Å². The third kappa shape index (κ3) is 2.98. The number of nitrogens with one attached hydrogen (secondary N) is 1. The SMILES string of the molecule is CCOC1CC(NC(C)C(C)CO)C12CCCCC2. The number of hydrogen-bond donors (Lipinski definition) is 2. The number of rotatable bonds is 6. The maximum absolute atomic E-state index is 9.28. The zero-order valence-corrected chi connectivity index (χ0v) is 12.8. The molecule has 0 bridgehead atoms. The van der Waals surface area contributed by atoms with E-state index >= 15 is 0 Å². The van der Waals surface area contributed by atoms with E-state index in [9.17, 15) is 5.11 Å². The van der Waals surface area contributed by atoms with Crippen LogP contribution < -0.4 is 5.32 Å². The summed E-state index contributed by atoms with van der Waals surface area (Å²) in [6, 6.07) is 0.977. The molecule has 2 rings (SSSR count). The van der Waals surface area contributed by atoms with E-state index in [1.165, 1.54) is 32.1 Å². The second kappa shape index (κ2) is 6.55. The summed E-state index contributed by atoms with van der Waals surface area (Å²) >= 11 is 0. The average molecular weight is 269 g/mol. The molecular formula is C16H31NO2. The van der Waals surface area contributed by atoms with Crippen LogP contribution in [0.1, 0.15) is 59.3 Å². The second-order valence-electron chi connectivity index (χ2n) is 6.64. The van der Waals surface area contributed by atoms with Gasteiger partial charge < -0.3 is 15.2 Å². The fraction of sp³-hybridized carbons (Fsp3) is 1.00. The molecule has 0 aliphatic heterocycles. The molecule has 19 heavy (non-hydrogen) atoms. The van der Waals surface area contributed by atoms with E-state index in [1.807, 2.05) is 0 Å². The van der Waals surface area contributed by atoms with Crippen molar-refractivity contribution in [2.75, 3.05) is 13.2 Å². The molecule has 0 aromatic rings. The summed E-state index contributed by atoms with van der Waals surface area (Å²) in [5.41, 5.74) is 0.387. The van der Waals surface area contributed by atoms with Gasteiger partial charge in [0.15, 0.2) is 0 Å². The van der Waals surface area contributed by atoms with Crippen molar-refractivity contribution in [1.29, 1.82) is 0 Å². The lowest BCUT2D eigenvalue weighted by Crippen LogP contribution is -2.66. The van der Waals surface area contributed by atoms with E-state index < -0.39 is 0 Å². The number of aliphatic hydroxyl groups excluding tert-OH is 1. The van der Waals surface area contributed by atoms with Crippen LogP contribution in [0, 0.1) is 11.3 Å². The van der Waals surface area contributed by atoms with Gasteiger partial charge in [-0.25, -0.2) is 0 Å². The van der Waals surface area contributed by atoms with Crippen molar-refractivity contribution in [3.05, 3.63) is 0 Å². The molecule has 0 aromatic carbocycles. The predicted octanol–water partition coefficient (Wildman–Crippen LogP) is 2.72. The molecule has 2 aliphatic carbocycles. The van der Waals surface area contributed by atoms with Crippen molar-refractivity contribution in [1.82, 2.24) is 5.32 Å². The van der Waals surface area contributed by atoms with Gasteiger partial charge in [-0.15, -0.1) is 0 Å². The minimum atomic E-state index is 0.267. The summed E-state index contributed by atoms with van der Waals surface area (Å²) in [6.45, 7) is 7.52. The first-order valence-electron chi connectivity index (χ1n) is 8.12. The second-order valence-corrected chi connectivity index (χ2v) is 6.64. The van der Waals surface area contributed by atoms with Crippen LogP contribution in [0.4, 0.5) is 0 Å². The van der Waals surface area contributed by atoms with Crippen molar-refractivity contribution < 1.29 is 9.84 Å². The molecule has 2 aliphatic rings. The van der Waals surface area contributed by atoms with Gasteiger partial charge in [0.25, 0.3) is 0 Å². The van der Waals surface area contributed by atoms with E-state index in [0.29, 0.717) is 29.5 Å². The fourth-order valence-electron chi connectivity index (χ4n) is 3.94. The molecule has 3 nitrogen and oxygen atoms in total. The highest BCUT2D eigenvalue weighted by molar-refractivity contribution is 5.09. The standard InChI is InChI=1S/C16H31NO2/c1-4-19-15-10-14(17-13(3)12(2)11-18)16(15)8-6-5-7-9-16/h12-15,17-18H,4-11H2,1-3H3. The average Bonchev–Trinajstić information content (AvgIpc) is 2.46. The molecule has 0 amide bonds. The Morgan fingerprint density at radius 3 is 2.53 bits per heavy atom. The van der Waals surface area contributed by atoms with Gasteiger partial charge in [0.1, 0.15) is 0 Å². The molecule has 2 fully saturated rings. The Labute approximate surface area is 118 Å². The molecule has 3 heteroatoms. The first-order chi connectivity index (χ1) is 9.14. The van der Waals surface area contributed by atoms with Gasteiger partial charge in [-0.2, -0.15) is 0 Å². The van der Waals surface area contributed by atoms with Gasteiger partial charge in [-0.1, -0.05) is 26.2 Å². The van der Waals surface area contributed by atoms with Gasteiger partial charge in [0.05, 0.1) is 6.10 Å².